The summed E-state index contributed by atoms with van der Waals surface area (Å²) in [5.74, 6) is -2.07. The average Bonchev–Trinajstić information content (AvgIpc) is 2.57. The van der Waals surface area contributed by atoms with E-state index in [-0.39, 0.29) is 17.1 Å². The average molecular weight is 407 g/mol. The van der Waals surface area contributed by atoms with E-state index < -0.39 is 41.0 Å². The highest BCUT2D eigenvalue weighted by molar-refractivity contribution is 6.34. The standard InChI is InChI=1S/C18H16ClF5N2O/c1-10(12-8-11(20)6-7-15(12)21)26(2)9-16(27)25-17-13(18(22,23)24)4-3-5-14(17)19/h3-8,10H,9H2,1-2H3,(H,25,27). The van der Waals surface area contributed by atoms with E-state index in [2.05, 4.69) is 5.32 Å². The molecular weight excluding hydrogens is 391 g/mol. The van der Waals surface area contributed by atoms with E-state index >= 15 is 0 Å². The Morgan fingerprint density at radius 2 is 1.89 bits per heavy atom. The third-order valence-electron chi connectivity index (χ3n) is 4.05. The molecule has 1 N–H and O–H groups in total. The lowest BCUT2D eigenvalue weighted by atomic mass is 10.1. The van der Waals surface area contributed by atoms with Gasteiger partial charge in [0.25, 0.3) is 0 Å². The Morgan fingerprint density at radius 1 is 1.22 bits per heavy atom. The number of hydrogen-bond donors (Lipinski definition) is 1. The van der Waals surface area contributed by atoms with Crippen LogP contribution in [0.15, 0.2) is 36.4 Å². The molecule has 3 nitrogen and oxygen atoms in total. The highest BCUT2D eigenvalue weighted by Gasteiger charge is 2.35. The van der Waals surface area contributed by atoms with E-state index in [1.165, 1.54) is 18.0 Å². The van der Waals surface area contributed by atoms with Crippen LogP contribution in [0.25, 0.3) is 0 Å². The number of anilines is 1. The number of halogens is 6. The van der Waals surface area contributed by atoms with Gasteiger partial charge in [-0.2, -0.15) is 13.2 Å². The van der Waals surface area contributed by atoms with Gasteiger partial charge in [-0.25, -0.2) is 8.78 Å². The molecule has 0 aliphatic carbocycles. The second kappa shape index (κ2) is 8.22. The first-order chi connectivity index (χ1) is 12.5. The molecule has 0 aliphatic rings. The zero-order valence-electron chi connectivity index (χ0n) is 14.4. The van der Waals surface area contributed by atoms with E-state index in [9.17, 15) is 26.7 Å². The number of para-hydroxylation sites is 1. The fraction of sp³-hybridized carbons (Fsp3) is 0.278. The number of carbonyl (C=O) groups is 1. The van der Waals surface area contributed by atoms with Crippen molar-refractivity contribution in [3.8, 4) is 0 Å². The molecule has 2 aromatic rings. The maximum absolute atomic E-state index is 13.9. The van der Waals surface area contributed by atoms with Gasteiger partial charge in [0, 0.05) is 11.6 Å². The van der Waals surface area contributed by atoms with Crippen LogP contribution in [0.5, 0.6) is 0 Å². The van der Waals surface area contributed by atoms with E-state index in [4.69, 9.17) is 11.6 Å². The number of nitrogens with zero attached hydrogens (tertiary/aromatic N) is 1. The van der Waals surface area contributed by atoms with Gasteiger partial charge in [0.2, 0.25) is 5.91 Å². The maximum Gasteiger partial charge on any atom is 0.418 e. The highest BCUT2D eigenvalue weighted by atomic mass is 35.5. The van der Waals surface area contributed by atoms with E-state index in [1.54, 1.807) is 6.92 Å². The molecule has 0 saturated carbocycles. The van der Waals surface area contributed by atoms with Gasteiger partial charge < -0.3 is 5.32 Å². The van der Waals surface area contributed by atoms with Crippen LogP contribution in [0, 0.1) is 11.6 Å². The topological polar surface area (TPSA) is 32.3 Å². The van der Waals surface area contributed by atoms with Crippen LogP contribution >= 0.6 is 11.6 Å². The SMILES string of the molecule is CC(c1cc(F)ccc1F)N(C)CC(=O)Nc1c(Cl)cccc1C(F)(F)F. The van der Waals surface area contributed by atoms with Crippen LogP contribution in [0.4, 0.5) is 27.6 Å². The van der Waals surface area contributed by atoms with Crippen molar-refractivity contribution in [3.05, 3.63) is 64.2 Å². The van der Waals surface area contributed by atoms with Gasteiger partial charge in [-0.1, -0.05) is 17.7 Å². The Hall–Kier alpha value is -2.19. The van der Waals surface area contributed by atoms with E-state index in [0.717, 1.165) is 30.3 Å². The summed E-state index contributed by atoms with van der Waals surface area (Å²) in [5.41, 5.74) is -1.59. The predicted octanol–water partition coefficient (Wildman–Crippen LogP) is 5.27. The quantitative estimate of drug-likeness (QED) is 0.686. The Morgan fingerprint density at radius 3 is 2.52 bits per heavy atom. The molecule has 1 unspecified atom stereocenters. The lowest BCUT2D eigenvalue weighted by molar-refractivity contribution is -0.137. The fourth-order valence-corrected chi connectivity index (χ4v) is 2.72. The molecule has 0 radical (unpaired) electrons. The molecule has 2 rings (SSSR count). The summed E-state index contributed by atoms with van der Waals surface area (Å²) in [4.78, 5) is 13.6. The van der Waals surface area contributed by atoms with Gasteiger partial charge in [0.1, 0.15) is 11.6 Å². The molecular formula is C18H16ClF5N2O. The lowest BCUT2D eigenvalue weighted by Crippen LogP contribution is -2.33. The van der Waals surface area contributed by atoms with Crippen molar-refractivity contribution in [1.29, 1.82) is 0 Å². The predicted molar refractivity (Wildman–Crippen MR) is 92.5 cm³/mol. The lowest BCUT2D eigenvalue weighted by Gasteiger charge is -2.25. The molecule has 1 amide bonds. The van der Waals surface area contributed by atoms with Crippen molar-refractivity contribution in [1.82, 2.24) is 4.90 Å². The maximum atomic E-state index is 13.9. The summed E-state index contributed by atoms with van der Waals surface area (Å²) >= 11 is 5.79. The van der Waals surface area contributed by atoms with Crippen molar-refractivity contribution in [3.63, 3.8) is 0 Å². The van der Waals surface area contributed by atoms with Crippen molar-refractivity contribution >= 4 is 23.2 Å². The molecule has 0 saturated heterocycles. The summed E-state index contributed by atoms with van der Waals surface area (Å²) in [6.45, 7) is 1.18. The van der Waals surface area contributed by atoms with E-state index in [0.29, 0.717) is 0 Å². The minimum atomic E-state index is -4.70. The number of benzene rings is 2. The van der Waals surface area contributed by atoms with Crippen LogP contribution in [0.2, 0.25) is 5.02 Å². The number of carbonyl (C=O) groups excluding carboxylic acids is 1. The van der Waals surface area contributed by atoms with Crippen LogP contribution in [0.3, 0.4) is 0 Å². The van der Waals surface area contributed by atoms with Crippen LogP contribution in [0.1, 0.15) is 24.1 Å². The van der Waals surface area contributed by atoms with Gasteiger partial charge in [0.05, 0.1) is 22.8 Å². The number of amides is 1. The minimum absolute atomic E-state index is 0.0269. The molecule has 0 fully saturated rings. The highest BCUT2D eigenvalue weighted by Crippen LogP contribution is 2.38. The number of rotatable bonds is 5. The van der Waals surface area contributed by atoms with Crippen molar-refractivity contribution in [2.24, 2.45) is 0 Å². The third-order valence-corrected chi connectivity index (χ3v) is 4.36. The summed E-state index contributed by atoms with van der Waals surface area (Å²) in [6, 6.07) is 5.39. The monoisotopic (exact) mass is 406 g/mol. The van der Waals surface area contributed by atoms with Crippen molar-refractivity contribution in [2.75, 3.05) is 18.9 Å². The second-order valence-corrected chi connectivity index (χ2v) is 6.37. The largest absolute Gasteiger partial charge is 0.418 e. The van der Waals surface area contributed by atoms with Crippen LogP contribution in [-0.2, 0) is 11.0 Å². The number of hydrogen-bond acceptors (Lipinski definition) is 2. The fourth-order valence-electron chi connectivity index (χ4n) is 2.50. The Balaban J connectivity index is 2.15. The zero-order valence-corrected chi connectivity index (χ0v) is 15.1. The van der Waals surface area contributed by atoms with Gasteiger partial charge in [-0.05, 0) is 44.3 Å². The molecule has 0 bridgehead atoms. The molecule has 0 aliphatic heterocycles. The summed E-state index contributed by atoms with van der Waals surface area (Å²) in [7, 11) is 1.46. The summed E-state index contributed by atoms with van der Waals surface area (Å²) < 4.78 is 66.4. The van der Waals surface area contributed by atoms with Gasteiger partial charge in [-0.15, -0.1) is 0 Å². The molecule has 9 heteroatoms. The molecule has 0 heterocycles. The minimum Gasteiger partial charge on any atom is -0.323 e. The normalized spacial score (nSPS) is 12.9. The molecule has 146 valence electrons. The smallest absolute Gasteiger partial charge is 0.323 e. The van der Waals surface area contributed by atoms with Crippen molar-refractivity contribution < 1.29 is 26.7 Å². The van der Waals surface area contributed by atoms with Crippen LogP contribution in [-0.4, -0.2) is 24.4 Å². The van der Waals surface area contributed by atoms with Gasteiger partial charge in [0.15, 0.2) is 0 Å². The Kier molecular flexibility index (Phi) is 6.43. The van der Waals surface area contributed by atoms with E-state index in [1.807, 2.05) is 0 Å². The molecule has 0 spiro atoms. The second-order valence-electron chi connectivity index (χ2n) is 5.97. The summed E-state index contributed by atoms with van der Waals surface area (Å²) in [5, 5.41) is 1.89. The molecule has 27 heavy (non-hydrogen) atoms. The first-order valence-electron chi connectivity index (χ1n) is 7.81. The molecule has 1 atom stereocenters. The Bertz CT molecular complexity index is 841. The molecule has 0 aromatic heterocycles. The van der Waals surface area contributed by atoms with Gasteiger partial charge in [-0.3, -0.25) is 9.69 Å². The third kappa shape index (κ3) is 5.17. The molecule has 2 aromatic carbocycles. The summed E-state index contributed by atoms with van der Waals surface area (Å²) in [6.07, 6.45) is -4.70. The van der Waals surface area contributed by atoms with Gasteiger partial charge >= 0.3 is 6.18 Å². The zero-order chi connectivity index (χ0) is 20.4. The first kappa shape index (κ1) is 21.1. The first-order valence-corrected chi connectivity index (χ1v) is 8.19. The Labute approximate surface area is 157 Å². The number of nitrogens with one attached hydrogen (secondary N) is 1. The van der Waals surface area contributed by atoms with Crippen molar-refractivity contribution in [2.45, 2.75) is 19.1 Å². The number of likely N-dealkylation sites (N-methyl/N-ethyl adjacent to an activating group) is 1. The number of alkyl halides is 3. The van der Waals surface area contributed by atoms with Crippen LogP contribution < -0.4 is 5.32 Å².